The Balaban J connectivity index is 1.63. The Labute approximate surface area is 217 Å². The molecule has 1 amide bonds. The SMILES string of the molecule is Cc1cc(N(C)C)cc(C)c1Sc1nnn(CC(=O)C(CC(=O)O)NC(=O)SCc2ccccc2)n1. The molecule has 0 aliphatic heterocycles. The molecule has 0 saturated carbocycles. The number of carbonyl (C=O) groups excluding carboxylic acids is 2. The molecule has 10 nitrogen and oxygen atoms in total. The van der Waals surface area contributed by atoms with Crippen LogP contribution in [-0.2, 0) is 21.9 Å². The first kappa shape index (κ1) is 27.2. The van der Waals surface area contributed by atoms with Gasteiger partial charge in [0.1, 0.15) is 12.6 Å². The number of aryl methyl sites for hydroxylation is 2. The van der Waals surface area contributed by atoms with Crippen molar-refractivity contribution < 1.29 is 19.5 Å². The van der Waals surface area contributed by atoms with Crippen molar-refractivity contribution in [3.8, 4) is 0 Å². The van der Waals surface area contributed by atoms with Gasteiger partial charge in [-0.1, -0.05) is 42.1 Å². The first-order chi connectivity index (χ1) is 17.1. The fraction of sp³-hybridized carbons (Fsp3) is 0.333. The van der Waals surface area contributed by atoms with Crippen LogP contribution in [-0.4, -0.2) is 62.4 Å². The highest BCUT2D eigenvalue weighted by Crippen LogP contribution is 2.33. The minimum atomic E-state index is -1.21. The van der Waals surface area contributed by atoms with Crippen LogP contribution in [0.3, 0.4) is 0 Å². The lowest BCUT2D eigenvalue weighted by atomic mass is 10.1. The summed E-state index contributed by atoms with van der Waals surface area (Å²) in [4.78, 5) is 40.6. The van der Waals surface area contributed by atoms with Crippen molar-refractivity contribution in [2.24, 2.45) is 0 Å². The van der Waals surface area contributed by atoms with E-state index in [0.29, 0.717) is 10.9 Å². The fourth-order valence-electron chi connectivity index (χ4n) is 3.35. The van der Waals surface area contributed by atoms with Crippen LogP contribution in [0.4, 0.5) is 10.5 Å². The van der Waals surface area contributed by atoms with Crippen LogP contribution in [0, 0.1) is 13.8 Å². The summed E-state index contributed by atoms with van der Waals surface area (Å²) in [5, 5.41) is 23.8. The van der Waals surface area contributed by atoms with Crippen LogP contribution in [0.5, 0.6) is 0 Å². The summed E-state index contributed by atoms with van der Waals surface area (Å²) in [5.74, 6) is -1.32. The van der Waals surface area contributed by atoms with E-state index >= 15 is 0 Å². The molecule has 0 aliphatic rings. The number of amides is 1. The standard InChI is InChI=1S/C24H28N6O4S2/c1-15-10-18(29(3)4)11-16(2)22(15)36-23-26-28-30(27-23)13-20(31)19(12-21(32)33)25-24(34)35-14-17-8-6-5-7-9-17/h5-11,19H,12-14H2,1-4H3,(H,25,34)(H,32,33). The molecule has 3 aromatic rings. The first-order valence-corrected chi connectivity index (χ1v) is 12.9. The maximum atomic E-state index is 12.8. The van der Waals surface area contributed by atoms with Crippen molar-refractivity contribution in [1.82, 2.24) is 25.5 Å². The van der Waals surface area contributed by atoms with Gasteiger partial charge in [0.15, 0.2) is 5.78 Å². The van der Waals surface area contributed by atoms with E-state index in [1.54, 1.807) is 0 Å². The lowest BCUT2D eigenvalue weighted by molar-refractivity contribution is -0.139. The Bertz CT molecular complexity index is 1210. The van der Waals surface area contributed by atoms with Crippen molar-refractivity contribution in [3.05, 3.63) is 59.2 Å². The summed E-state index contributed by atoms with van der Waals surface area (Å²) in [5.41, 5.74) is 4.16. The molecule has 0 fully saturated rings. The van der Waals surface area contributed by atoms with Crippen molar-refractivity contribution in [2.75, 3.05) is 19.0 Å². The Kier molecular flexibility index (Phi) is 9.48. The van der Waals surface area contributed by atoms with E-state index in [1.807, 2.05) is 63.2 Å². The normalized spacial score (nSPS) is 11.7. The molecule has 0 radical (unpaired) electrons. The van der Waals surface area contributed by atoms with Crippen LogP contribution in [0.15, 0.2) is 52.5 Å². The summed E-state index contributed by atoms with van der Waals surface area (Å²) in [7, 11) is 3.96. The Morgan fingerprint density at radius 1 is 1.11 bits per heavy atom. The van der Waals surface area contributed by atoms with Crippen molar-refractivity contribution in [1.29, 1.82) is 0 Å². The third-order valence-electron chi connectivity index (χ3n) is 5.16. The number of nitrogens with zero attached hydrogens (tertiary/aromatic N) is 5. The minimum absolute atomic E-state index is 0.313. The molecule has 1 aromatic heterocycles. The van der Waals surface area contributed by atoms with Gasteiger partial charge in [0.25, 0.3) is 5.24 Å². The number of aliphatic carboxylic acids is 1. The van der Waals surface area contributed by atoms with Crippen molar-refractivity contribution in [2.45, 2.75) is 48.7 Å². The number of thioether (sulfide) groups is 1. The number of benzene rings is 2. The van der Waals surface area contributed by atoms with Gasteiger partial charge >= 0.3 is 5.97 Å². The highest BCUT2D eigenvalue weighted by atomic mass is 32.2. The number of Topliss-reactive ketones (excluding diaryl/α,β-unsaturated/α-hetero) is 1. The van der Waals surface area contributed by atoms with Crippen LogP contribution >= 0.6 is 23.5 Å². The number of ketones is 1. The highest BCUT2D eigenvalue weighted by Gasteiger charge is 2.25. The Morgan fingerprint density at radius 3 is 2.39 bits per heavy atom. The molecule has 1 atom stereocenters. The summed E-state index contributed by atoms with van der Waals surface area (Å²) in [6.45, 7) is 3.70. The second kappa shape index (κ2) is 12.5. The number of hydrogen-bond acceptors (Lipinski definition) is 9. The average molecular weight is 529 g/mol. The van der Waals surface area contributed by atoms with E-state index in [1.165, 1.54) is 11.8 Å². The maximum absolute atomic E-state index is 12.8. The van der Waals surface area contributed by atoms with Gasteiger partial charge in [-0.05, 0) is 59.6 Å². The molecular weight excluding hydrogens is 500 g/mol. The number of rotatable bonds is 11. The zero-order valence-electron chi connectivity index (χ0n) is 20.5. The van der Waals surface area contributed by atoms with E-state index < -0.39 is 29.5 Å². The van der Waals surface area contributed by atoms with Crippen molar-refractivity contribution in [3.63, 3.8) is 0 Å². The van der Waals surface area contributed by atoms with Gasteiger partial charge in [-0.3, -0.25) is 14.4 Å². The van der Waals surface area contributed by atoms with Gasteiger partial charge in [0, 0.05) is 30.4 Å². The van der Waals surface area contributed by atoms with E-state index in [0.717, 1.165) is 43.8 Å². The third kappa shape index (κ3) is 7.82. The number of nitrogens with one attached hydrogen (secondary N) is 1. The van der Waals surface area contributed by atoms with Gasteiger partial charge in [0.05, 0.1) is 6.42 Å². The number of tetrazole rings is 1. The molecule has 3 rings (SSSR count). The number of carboxylic acid groups (broad SMARTS) is 1. The number of aromatic nitrogens is 4. The molecular formula is C24H28N6O4S2. The van der Waals surface area contributed by atoms with E-state index in [9.17, 15) is 19.5 Å². The molecule has 1 heterocycles. The molecule has 36 heavy (non-hydrogen) atoms. The number of hydrogen-bond donors (Lipinski definition) is 2. The fourth-order valence-corrected chi connectivity index (χ4v) is 4.90. The summed E-state index contributed by atoms with van der Waals surface area (Å²) in [6.07, 6.45) is -0.538. The zero-order valence-corrected chi connectivity index (χ0v) is 22.1. The Hall–Kier alpha value is -3.38. The van der Waals surface area contributed by atoms with Gasteiger partial charge in [-0.25, -0.2) is 0 Å². The second-order valence-electron chi connectivity index (χ2n) is 8.33. The molecule has 0 aliphatic carbocycles. The van der Waals surface area contributed by atoms with E-state index in [-0.39, 0.29) is 6.54 Å². The van der Waals surface area contributed by atoms with Gasteiger partial charge in [0.2, 0.25) is 5.16 Å². The third-order valence-corrected chi connectivity index (χ3v) is 7.21. The number of anilines is 1. The quantitative estimate of drug-likeness (QED) is 0.381. The predicted molar refractivity (Wildman–Crippen MR) is 139 cm³/mol. The predicted octanol–water partition coefficient (Wildman–Crippen LogP) is 3.56. The lowest BCUT2D eigenvalue weighted by Crippen LogP contribution is -2.42. The van der Waals surface area contributed by atoms with Crippen LogP contribution in [0.25, 0.3) is 0 Å². The second-order valence-corrected chi connectivity index (χ2v) is 10.3. The molecule has 0 bridgehead atoms. The van der Waals surface area contributed by atoms with Crippen LogP contribution in [0.2, 0.25) is 0 Å². The molecule has 1 unspecified atom stereocenters. The van der Waals surface area contributed by atoms with Crippen molar-refractivity contribution >= 4 is 46.2 Å². The van der Waals surface area contributed by atoms with Gasteiger partial charge < -0.3 is 15.3 Å². The van der Waals surface area contributed by atoms with Crippen LogP contribution < -0.4 is 10.2 Å². The number of carbonyl (C=O) groups is 3. The lowest BCUT2D eigenvalue weighted by Gasteiger charge is -2.16. The number of carboxylic acids is 1. The van der Waals surface area contributed by atoms with E-state index in [4.69, 9.17) is 0 Å². The molecule has 0 spiro atoms. The molecule has 2 aromatic carbocycles. The first-order valence-electron chi connectivity index (χ1n) is 11.1. The van der Waals surface area contributed by atoms with Crippen LogP contribution in [0.1, 0.15) is 23.1 Å². The summed E-state index contributed by atoms with van der Waals surface area (Å²) in [6, 6.07) is 12.3. The smallest absolute Gasteiger partial charge is 0.305 e. The molecule has 0 saturated heterocycles. The highest BCUT2D eigenvalue weighted by molar-refractivity contribution is 8.12. The van der Waals surface area contributed by atoms with E-state index in [2.05, 4.69) is 32.9 Å². The zero-order chi connectivity index (χ0) is 26.2. The largest absolute Gasteiger partial charge is 0.481 e. The monoisotopic (exact) mass is 528 g/mol. The molecule has 190 valence electrons. The van der Waals surface area contributed by atoms with Gasteiger partial charge in [-0.15, -0.1) is 10.2 Å². The molecule has 12 heteroatoms. The van der Waals surface area contributed by atoms with Gasteiger partial charge in [-0.2, -0.15) is 4.80 Å². The maximum Gasteiger partial charge on any atom is 0.305 e. The Morgan fingerprint density at radius 2 is 1.78 bits per heavy atom. The minimum Gasteiger partial charge on any atom is -0.481 e. The summed E-state index contributed by atoms with van der Waals surface area (Å²) < 4.78 is 0. The average Bonchev–Trinajstić information content (AvgIpc) is 3.26. The summed E-state index contributed by atoms with van der Waals surface area (Å²) >= 11 is 2.31. The molecule has 2 N–H and O–H groups in total. The topological polar surface area (TPSA) is 130 Å².